The number of nitriles is 1. The van der Waals surface area contributed by atoms with Gasteiger partial charge in [0.1, 0.15) is 0 Å². The molecule has 0 aromatic heterocycles. The number of carbonyl (C=O) groups is 3. The zero-order valence-corrected chi connectivity index (χ0v) is 19.5. The summed E-state index contributed by atoms with van der Waals surface area (Å²) in [4.78, 5) is 40.2. The molecule has 0 saturated carbocycles. The lowest BCUT2D eigenvalue weighted by Gasteiger charge is -2.22. The molecule has 6 nitrogen and oxygen atoms in total. The van der Waals surface area contributed by atoms with E-state index < -0.39 is 18.5 Å². The summed E-state index contributed by atoms with van der Waals surface area (Å²) in [5, 5.41) is 8.96. The molecule has 3 rings (SSSR count). The van der Waals surface area contributed by atoms with Crippen molar-refractivity contribution in [3.63, 3.8) is 0 Å². The number of esters is 1. The Kier molecular flexibility index (Phi) is 7.94. The first-order chi connectivity index (χ1) is 16.3. The van der Waals surface area contributed by atoms with E-state index in [1.807, 2.05) is 45.0 Å². The Hall–Kier alpha value is -4.24. The monoisotopic (exact) mass is 454 g/mol. The fraction of sp³-hybridized carbons (Fsp3) is 0.214. The summed E-state index contributed by atoms with van der Waals surface area (Å²) < 4.78 is 5.30. The molecule has 0 radical (unpaired) electrons. The average molecular weight is 455 g/mol. The van der Waals surface area contributed by atoms with Crippen LogP contribution in [0.3, 0.4) is 0 Å². The second-order valence-corrected chi connectivity index (χ2v) is 8.04. The van der Waals surface area contributed by atoms with Gasteiger partial charge in [-0.2, -0.15) is 5.26 Å². The lowest BCUT2D eigenvalue weighted by Crippen LogP contribution is -2.35. The van der Waals surface area contributed by atoms with E-state index in [-0.39, 0.29) is 29.9 Å². The van der Waals surface area contributed by atoms with Crippen molar-refractivity contribution < 1.29 is 19.1 Å². The van der Waals surface area contributed by atoms with Crippen LogP contribution < -0.4 is 4.90 Å². The summed E-state index contributed by atoms with van der Waals surface area (Å²) in [6, 6.07) is 21.1. The van der Waals surface area contributed by atoms with Crippen molar-refractivity contribution in [3.05, 3.63) is 100 Å². The van der Waals surface area contributed by atoms with E-state index in [2.05, 4.69) is 0 Å². The lowest BCUT2D eigenvalue weighted by atomic mass is 9.96. The van der Waals surface area contributed by atoms with E-state index in [0.29, 0.717) is 11.3 Å². The molecule has 172 valence electrons. The number of nitrogens with zero attached hydrogens (tertiary/aromatic N) is 2. The summed E-state index contributed by atoms with van der Waals surface area (Å²) in [6.45, 7) is 5.48. The van der Waals surface area contributed by atoms with E-state index in [0.717, 1.165) is 16.7 Å². The van der Waals surface area contributed by atoms with Crippen LogP contribution in [0.5, 0.6) is 0 Å². The summed E-state index contributed by atoms with van der Waals surface area (Å²) in [5.74, 6) is -1.51. The van der Waals surface area contributed by atoms with Crippen molar-refractivity contribution in [2.75, 3.05) is 18.1 Å². The largest absolute Gasteiger partial charge is 0.452 e. The van der Waals surface area contributed by atoms with Crippen LogP contribution in [0.1, 0.15) is 49.4 Å². The number of carbonyl (C=O) groups excluding carboxylic acids is 3. The predicted molar refractivity (Wildman–Crippen MR) is 130 cm³/mol. The van der Waals surface area contributed by atoms with Gasteiger partial charge < -0.3 is 9.64 Å². The lowest BCUT2D eigenvalue weighted by molar-refractivity contribution is -0.121. The highest BCUT2D eigenvalue weighted by atomic mass is 16.5. The summed E-state index contributed by atoms with van der Waals surface area (Å²) in [5.41, 5.74) is 4.48. The minimum absolute atomic E-state index is 0.0949. The minimum atomic E-state index is -0.759. The smallest absolute Gasteiger partial charge is 0.339 e. The van der Waals surface area contributed by atoms with E-state index >= 15 is 0 Å². The van der Waals surface area contributed by atoms with Gasteiger partial charge in [-0.15, -0.1) is 0 Å². The van der Waals surface area contributed by atoms with Crippen LogP contribution in [0.15, 0.2) is 66.7 Å². The average Bonchev–Trinajstić information content (AvgIpc) is 2.85. The zero-order valence-electron chi connectivity index (χ0n) is 19.5. The third-order valence-electron chi connectivity index (χ3n) is 5.58. The number of rotatable bonds is 8. The SMILES string of the molecule is Cc1ccc(N(CCC#N)C(=O)COC(=O)c2ccccc2C(=O)c2ccc(C)c(C)c2)cc1. The molecule has 0 aliphatic carbocycles. The molecule has 0 aliphatic rings. The quantitative estimate of drug-likeness (QED) is 0.355. The van der Waals surface area contributed by atoms with Crippen molar-refractivity contribution in [1.29, 1.82) is 5.26 Å². The highest BCUT2D eigenvalue weighted by Gasteiger charge is 2.22. The van der Waals surface area contributed by atoms with Crippen molar-refractivity contribution in [1.82, 2.24) is 0 Å². The van der Waals surface area contributed by atoms with Gasteiger partial charge in [-0.3, -0.25) is 9.59 Å². The van der Waals surface area contributed by atoms with E-state index in [1.54, 1.807) is 42.5 Å². The molecule has 0 heterocycles. The van der Waals surface area contributed by atoms with Gasteiger partial charge in [0.25, 0.3) is 5.91 Å². The van der Waals surface area contributed by atoms with Gasteiger partial charge in [-0.25, -0.2) is 4.79 Å². The second kappa shape index (κ2) is 11.1. The molecule has 34 heavy (non-hydrogen) atoms. The van der Waals surface area contributed by atoms with Gasteiger partial charge in [0.2, 0.25) is 0 Å². The van der Waals surface area contributed by atoms with Crippen LogP contribution in [-0.4, -0.2) is 30.8 Å². The van der Waals surface area contributed by atoms with Crippen LogP contribution in [0.2, 0.25) is 0 Å². The molecule has 1 amide bonds. The minimum Gasteiger partial charge on any atom is -0.452 e. The zero-order chi connectivity index (χ0) is 24.7. The van der Waals surface area contributed by atoms with Crippen LogP contribution in [0.4, 0.5) is 5.69 Å². The number of hydrogen-bond donors (Lipinski definition) is 0. The molecule has 3 aromatic carbocycles. The fourth-order valence-corrected chi connectivity index (χ4v) is 3.46. The van der Waals surface area contributed by atoms with Crippen molar-refractivity contribution >= 4 is 23.3 Å². The Labute approximate surface area is 199 Å². The maximum Gasteiger partial charge on any atom is 0.339 e. The number of hydrogen-bond acceptors (Lipinski definition) is 5. The first kappa shape index (κ1) is 24.4. The van der Waals surface area contributed by atoms with Gasteiger partial charge in [-0.1, -0.05) is 48.0 Å². The molecule has 6 heteroatoms. The number of aryl methyl sites for hydroxylation is 3. The highest BCUT2D eigenvalue weighted by Crippen LogP contribution is 2.19. The molecule has 0 saturated heterocycles. The van der Waals surface area contributed by atoms with Crippen LogP contribution >= 0.6 is 0 Å². The molecule has 0 N–H and O–H groups in total. The van der Waals surface area contributed by atoms with Gasteiger partial charge in [0.05, 0.1) is 18.1 Å². The Morgan fingerprint density at radius 3 is 2.21 bits per heavy atom. The molecule has 0 spiro atoms. The summed E-state index contributed by atoms with van der Waals surface area (Å²) in [6.07, 6.45) is 0.140. The predicted octanol–water partition coefficient (Wildman–Crippen LogP) is 4.95. The maximum absolute atomic E-state index is 13.1. The maximum atomic E-state index is 13.1. The number of benzene rings is 3. The number of anilines is 1. The third-order valence-corrected chi connectivity index (χ3v) is 5.58. The molecule has 0 fully saturated rings. The van der Waals surface area contributed by atoms with E-state index in [4.69, 9.17) is 10.00 Å². The summed E-state index contributed by atoms with van der Waals surface area (Å²) in [7, 11) is 0. The van der Waals surface area contributed by atoms with Gasteiger partial charge in [-0.05, 0) is 56.2 Å². The standard InChI is InChI=1S/C28H26N2O4/c1-19-9-13-23(14-10-19)30(16-6-15-29)26(31)18-34-28(33)25-8-5-4-7-24(25)27(32)22-12-11-20(2)21(3)17-22/h4-5,7-14,17H,6,16,18H2,1-3H3. The Balaban J connectivity index is 1.77. The molecule has 0 atom stereocenters. The third kappa shape index (κ3) is 5.76. The molecular weight excluding hydrogens is 428 g/mol. The number of amides is 1. The molecule has 0 bridgehead atoms. The molecule has 3 aromatic rings. The molecular formula is C28H26N2O4. The topological polar surface area (TPSA) is 87.5 Å². The van der Waals surface area contributed by atoms with E-state index in [9.17, 15) is 14.4 Å². The Bertz CT molecular complexity index is 1260. The van der Waals surface area contributed by atoms with Gasteiger partial charge in [0.15, 0.2) is 12.4 Å². The fourth-order valence-electron chi connectivity index (χ4n) is 3.46. The molecule has 0 unspecified atom stereocenters. The number of ketones is 1. The van der Waals surface area contributed by atoms with Crippen molar-refractivity contribution in [2.45, 2.75) is 27.2 Å². The first-order valence-electron chi connectivity index (χ1n) is 10.9. The van der Waals surface area contributed by atoms with Crippen LogP contribution in [0.25, 0.3) is 0 Å². The normalized spacial score (nSPS) is 10.3. The van der Waals surface area contributed by atoms with Crippen molar-refractivity contribution in [2.24, 2.45) is 0 Å². The number of ether oxygens (including phenoxy) is 1. The Morgan fingerprint density at radius 2 is 1.56 bits per heavy atom. The van der Waals surface area contributed by atoms with Crippen LogP contribution in [-0.2, 0) is 9.53 Å². The van der Waals surface area contributed by atoms with Gasteiger partial charge >= 0.3 is 5.97 Å². The Morgan fingerprint density at radius 1 is 0.882 bits per heavy atom. The van der Waals surface area contributed by atoms with Crippen LogP contribution in [0, 0.1) is 32.1 Å². The van der Waals surface area contributed by atoms with Crippen molar-refractivity contribution in [3.8, 4) is 6.07 Å². The van der Waals surface area contributed by atoms with Gasteiger partial charge in [0, 0.05) is 23.4 Å². The highest BCUT2D eigenvalue weighted by molar-refractivity contribution is 6.14. The first-order valence-corrected chi connectivity index (χ1v) is 10.9. The van der Waals surface area contributed by atoms with E-state index in [1.165, 1.54) is 11.0 Å². The second-order valence-electron chi connectivity index (χ2n) is 8.04. The summed E-state index contributed by atoms with van der Waals surface area (Å²) >= 11 is 0. The molecule has 0 aliphatic heterocycles.